The van der Waals surface area contributed by atoms with Crippen molar-refractivity contribution >= 4 is 17.8 Å². The number of benzene rings is 1. The molecule has 232 valence electrons. The van der Waals surface area contributed by atoms with Crippen LogP contribution in [0.15, 0.2) is 79.9 Å². The summed E-state index contributed by atoms with van der Waals surface area (Å²) in [7, 11) is 3.75. The molecule has 3 rings (SSSR count). The van der Waals surface area contributed by atoms with E-state index in [4.69, 9.17) is 4.74 Å². The lowest BCUT2D eigenvalue weighted by Gasteiger charge is -2.14. The quantitative estimate of drug-likeness (QED) is 0.197. The highest BCUT2D eigenvalue weighted by Crippen LogP contribution is 2.21. The van der Waals surface area contributed by atoms with Crippen LogP contribution in [-0.4, -0.2) is 40.3 Å². The number of nitrogens with one attached hydrogen (secondary N) is 2. The maximum absolute atomic E-state index is 13.5. The van der Waals surface area contributed by atoms with Gasteiger partial charge in [-0.2, -0.15) is 5.10 Å². The van der Waals surface area contributed by atoms with Crippen LogP contribution in [0.1, 0.15) is 73.1 Å². The van der Waals surface area contributed by atoms with Crippen molar-refractivity contribution in [2.45, 2.75) is 73.8 Å². The van der Waals surface area contributed by atoms with Gasteiger partial charge in [-0.3, -0.25) is 9.78 Å². The fraction of sp³-hybridized carbons (Fsp3) is 0.394. The van der Waals surface area contributed by atoms with E-state index in [1.165, 1.54) is 36.8 Å². The minimum atomic E-state index is -0.407. The molecule has 2 aromatic heterocycles. The summed E-state index contributed by atoms with van der Waals surface area (Å²) >= 11 is 0. The zero-order valence-corrected chi connectivity index (χ0v) is 27.1. The third kappa shape index (κ3) is 16.9. The number of carbonyl (C=O) groups excluding carboxylic acids is 1. The number of carbonyl (C=O) groups is 1. The Hall–Kier alpha value is -4.11. The van der Waals surface area contributed by atoms with Gasteiger partial charge < -0.3 is 15.4 Å². The summed E-state index contributed by atoms with van der Waals surface area (Å²) < 4.78 is 20.7. The summed E-state index contributed by atoms with van der Waals surface area (Å²) in [6.45, 7) is 20.4. The average Bonchev–Trinajstić information content (AvgIpc) is 3.50. The van der Waals surface area contributed by atoms with Gasteiger partial charge >= 0.3 is 0 Å². The molecule has 1 amide bonds. The summed E-state index contributed by atoms with van der Waals surface area (Å²) in [6, 6.07) is 6.30. The zero-order valence-electron chi connectivity index (χ0n) is 27.1. The first kappa shape index (κ1) is 40.0. The van der Waals surface area contributed by atoms with Crippen molar-refractivity contribution in [1.82, 2.24) is 25.1 Å². The van der Waals surface area contributed by atoms with E-state index in [1.807, 2.05) is 58.7 Å². The fourth-order valence-electron chi connectivity index (χ4n) is 2.79. The zero-order chi connectivity index (χ0) is 32.4. The molecule has 9 heteroatoms. The molecule has 0 spiro atoms. The first-order chi connectivity index (χ1) is 20.2. The van der Waals surface area contributed by atoms with E-state index < -0.39 is 5.82 Å². The van der Waals surface area contributed by atoms with Gasteiger partial charge in [0.2, 0.25) is 12.3 Å². The maximum Gasteiger partial charge on any atom is 0.232 e. The molecule has 1 aromatic carbocycles. The van der Waals surface area contributed by atoms with Gasteiger partial charge in [-0.25, -0.2) is 14.1 Å². The van der Waals surface area contributed by atoms with Gasteiger partial charge in [-0.1, -0.05) is 74.1 Å². The second-order valence-corrected chi connectivity index (χ2v) is 8.93. The molecule has 0 bridgehead atoms. The van der Waals surface area contributed by atoms with Gasteiger partial charge in [0.1, 0.15) is 12.4 Å². The van der Waals surface area contributed by atoms with Gasteiger partial charge in [0.25, 0.3) is 0 Å². The minimum Gasteiger partial charge on any atom is -0.472 e. The molecule has 8 nitrogen and oxygen atoms in total. The number of anilines is 1. The van der Waals surface area contributed by atoms with E-state index in [0.717, 1.165) is 17.8 Å². The van der Waals surface area contributed by atoms with E-state index >= 15 is 0 Å². The van der Waals surface area contributed by atoms with Crippen molar-refractivity contribution in [2.24, 2.45) is 0 Å². The minimum absolute atomic E-state index is 0.0128. The highest BCUT2D eigenvalue weighted by atomic mass is 19.1. The van der Waals surface area contributed by atoms with Gasteiger partial charge in [0.05, 0.1) is 17.6 Å². The predicted octanol–water partition coefficient (Wildman–Crippen LogP) is 7.82. The Labute approximate surface area is 252 Å². The molecule has 3 aromatic rings. The van der Waals surface area contributed by atoms with Crippen LogP contribution in [0.2, 0.25) is 0 Å². The number of hydrogen-bond acceptors (Lipinski definition) is 6. The van der Waals surface area contributed by atoms with Crippen LogP contribution in [0, 0.1) is 5.82 Å². The number of halogens is 1. The lowest BCUT2D eigenvalue weighted by atomic mass is 9.93. The molecule has 2 heterocycles. The van der Waals surface area contributed by atoms with E-state index in [9.17, 15) is 9.18 Å². The van der Waals surface area contributed by atoms with Crippen LogP contribution < -0.4 is 15.4 Å². The van der Waals surface area contributed by atoms with Crippen molar-refractivity contribution < 1.29 is 13.9 Å². The molecule has 42 heavy (non-hydrogen) atoms. The number of ether oxygens (including phenoxy) is 1. The Kier molecular flexibility index (Phi) is 23.5. The maximum atomic E-state index is 13.5. The summed E-state index contributed by atoms with van der Waals surface area (Å²) in [5, 5.41) is 9.80. The van der Waals surface area contributed by atoms with Crippen LogP contribution in [-0.2, 0) is 16.8 Å². The SMILES string of the molecule is C=C/C=C(\C=C/CC)n1ccc(C(C)(C)C)n1.CC.CC.CNC.O=CNc1ccc(F)c(COc2cnccn2)c1. The summed E-state index contributed by atoms with van der Waals surface area (Å²) in [5.41, 5.74) is 3.05. The molecule has 2 N–H and O–H groups in total. The second kappa shape index (κ2) is 24.7. The molecule has 0 aliphatic heterocycles. The van der Waals surface area contributed by atoms with E-state index in [2.05, 4.69) is 78.2 Å². The number of rotatable bonds is 9. The van der Waals surface area contributed by atoms with Crippen molar-refractivity contribution in [3.63, 3.8) is 0 Å². The largest absolute Gasteiger partial charge is 0.472 e. The topological polar surface area (TPSA) is 94.0 Å². The highest BCUT2D eigenvalue weighted by molar-refractivity contribution is 5.71. The van der Waals surface area contributed by atoms with Crippen molar-refractivity contribution in [1.29, 1.82) is 0 Å². The highest BCUT2D eigenvalue weighted by Gasteiger charge is 2.17. The molecule has 0 fully saturated rings. The molecule has 0 aliphatic rings. The summed E-state index contributed by atoms with van der Waals surface area (Å²) in [4.78, 5) is 18.0. The summed E-state index contributed by atoms with van der Waals surface area (Å²) in [5.74, 6) is -0.0963. The van der Waals surface area contributed by atoms with Crippen LogP contribution in [0.3, 0.4) is 0 Å². The number of nitrogens with zero attached hydrogens (tertiary/aromatic N) is 4. The van der Waals surface area contributed by atoms with E-state index in [0.29, 0.717) is 23.5 Å². The average molecular weight is 583 g/mol. The molecule has 0 unspecified atom stereocenters. The first-order valence-electron chi connectivity index (χ1n) is 14.2. The number of amides is 1. The first-order valence-corrected chi connectivity index (χ1v) is 14.2. The van der Waals surface area contributed by atoms with Gasteiger partial charge in [0.15, 0.2) is 0 Å². The Balaban J connectivity index is 0. The smallest absolute Gasteiger partial charge is 0.232 e. The van der Waals surface area contributed by atoms with Crippen LogP contribution >= 0.6 is 0 Å². The van der Waals surface area contributed by atoms with Crippen molar-refractivity contribution in [2.75, 3.05) is 19.4 Å². The van der Waals surface area contributed by atoms with Crippen molar-refractivity contribution in [3.8, 4) is 5.88 Å². The Morgan fingerprint density at radius 1 is 1.12 bits per heavy atom. The fourth-order valence-corrected chi connectivity index (χ4v) is 2.79. The lowest BCUT2D eigenvalue weighted by Crippen LogP contribution is -2.12. The molecule has 0 radical (unpaired) electrons. The monoisotopic (exact) mass is 582 g/mol. The van der Waals surface area contributed by atoms with Crippen molar-refractivity contribution in [3.05, 3.63) is 97.0 Å². The molecule has 0 saturated heterocycles. The molecular formula is C33H51FN6O2. The van der Waals surface area contributed by atoms with Gasteiger partial charge in [-0.15, -0.1) is 0 Å². The van der Waals surface area contributed by atoms with Crippen LogP contribution in [0.4, 0.5) is 10.1 Å². The molecule has 0 aliphatic carbocycles. The number of aromatic nitrogens is 4. The van der Waals surface area contributed by atoms with Gasteiger partial charge in [-0.05, 0) is 56.9 Å². The van der Waals surface area contributed by atoms with Gasteiger partial charge in [0, 0.05) is 35.3 Å². The predicted molar refractivity (Wildman–Crippen MR) is 175 cm³/mol. The standard InChI is InChI=1S/C15H22N2.C12H10FN3O2.C2H7N.2C2H6/c1-6-8-10-13(9-7-2)17-12-11-14(16-17)15(3,4)5;13-11-2-1-10(16-8-17)5-9(11)7-18-12-6-14-3-4-15-12;1-3-2;2*1-2/h7-12H,2,6H2,1,3-5H3;1-6,8H,7H2,(H,16,17);3H,1-2H3;2*1-2H3/b10-8-,13-9+;;;;. The Morgan fingerprint density at radius 2 is 1.79 bits per heavy atom. The van der Waals surface area contributed by atoms with E-state index in [1.54, 1.807) is 6.08 Å². The Morgan fingerprint density at radius 3 is 2.29 bits per heavy atom. The molecule has 0 atom stereocenters. The normalized spacial score (nSPS) is 10.3. The molecular weight excluding hydrogens is 531 g/mol. The summed E-state index contributed by atoms with van der Waals surface area (Å²) in [6.07, 6.45) is 15.9. The third-order valence-electron chi connectivity index (χ3n) is 4.62. The van der Waals surface area contributed by atoms with Crippen LogP contribution in [0.25, 0.3) is 5.70 Å². The number of allylic oxidation sites excluding steroid dienone is 5. The second-order valence-electron chi connectivity index (χ2n) is 8.93. The number of hydrogen-bond donors (Lipinski definition) is 2. The van der Waals surface area contributed by atoms with E-state index in [-0.39, 0.29) is 12.0 Å². The molecule has 0 saturated carbocycles. The lowest BCUT2D eigenvalue weighted by molar-refractivity contribution is -0.105. The Bertz CT molecular complexity index is 1170. The third-order valence-corrected chi connectivity index (χ3v) is 4.62. The van der Waals surface area contributed by atoms with Crippen LogP contribution in [0.5, 0.6) is 5.88 Å².